The Morgan fingerprint density at radius 1 is 0.506 bits per heavy atom. The largest absolute Gasteiger partial charge is 0.508 e. The number of piperidine rings is 3. The standard InChI is InChI=1S/C22H33NO3.C22H31NO.C21H29NO2.C4H8O/c1-26-19-9-7-17(8-10-19)15-20-22(25)12-3-2-11-21(22,24)13-14-23(20)16-18-5-4-6-18;1-16-7-8-18-14-20-22(24)10-3-2-9-21(22,19(18)13-16)11-12-23(20)15-17-5-4-6-17;23-17-7-6-16-12-19-21(24)9-2-1-8-20(21,18(16)13-17)10-11-22(19)14-15-4-3-5-15;1-2-4-5-3-1/h7-10,18,20,24-25H,2-6,11-16H2,1H3;7-8,13,17,20,24H,2-6,9-12,14-15H2,1H3;6-7,13,15,19,23-24H,1-5,8-12,14H2;1-4H2/t20-,21-,22-;20-,21+,22-;19-,20+,21-;/m011./s1. The Labute approximate surface area is 475 Å². The van der Waals surface area contributed by atoms with Crippen LogP contribution in [0.1, 0.15) is 200 Å². The van der Waals surface area contributed by atoms with E-state index < -0.39 is 22.4 Å². The topological polar surface area (TPSA) is 129 Å². The van der Waals surface area contributed by atoms with Crippen molar-refractivity contribution in [3.8, 4) is 11.5 Å². The van der Waals surface area contributed by atoms with Gasteiger partial charge in [0.1, 0.15) is 17.1 Å². The SMILES string of the molecule is C1CCOC1.COc1ccc(C[C@@H]2N(CC3CCC3)CC[C@@]3(O)CCCC[C@]23O)cc1.Cc1ccc2c(c1)[C@@]13CCCC[C@@]1(O)[C@@H](C2)N(CC1CCC1)CC3.Oc1ccc2c(c1)[C@@]13CCCC[C@@]1(O)[C@@H](C2)N(CC1CCC1)CC3. The van der Waals surface area contributed by atoms with E-state index in [1.807, 2.05) is 24.3 Å². The third kappa shape index (κ3) is 10.4. The smallest absolute Gasteiger partial charge is 0.118 e. The van der Waals surface area contributed by atoms with Crippen LogP contribution in [0.25, 0.3) is 0 Å². The van der Waals surface area contributed by atoms with Crippen molar-refractivity contribution in [1.82, 2.24) is 14.7 Å². The number of fused-ring (bicyclic) bond motifs is 3. The summed E-state index contributed by atoms with van der Waals surface area (Å²) in [4.78, 5) is 7.81. The minimum atomic E-state index is -0.993. The number of ether oxygens (including phenoxy) is 2. The lowest BCUT2D eigenvalue weighted by molar-refractivity contribution is -0.236. The number of phenols is 1. The number of methoxy groups -OCH3 is 1. The maximum absolute atomic E-state index is 12.0. The summed E-state index contributed by atoms with van der Waals surface area (Å²) >= 11 is 0. The summed E-state index contributed by atoms with van der Waals surface area (Å²) in [5.74, 6) is 3.73. The Hall–Kier alpha value is -3.06. The molecule has 0 aromatic heterocycles. The summed E-state index contributed by atoms with van der Waals surface area (Å²) in [7, 11) is 1.68. The first-order valence-electron chi connectivity index (χ1n) is 32.5. The predicted octanol–water partition coefficient (Wildman–Crippen LogP) is 11.3. The van der Waals surface area contributed by atoms with E-state index in [0.29, 0.717) is 24.6 Å². The number of hydrogen-bond acceptors (Lipinski definition) is 10. The van der Waals surface area contributed by atoms with Gasteiger partial charge in [-0.15, -0.1) is 0 Å². The average Bonchev–Trinajstić information content (AvgIpc) is 2.45. The molecular formula is C69H101N3O7. The minimum absolute atomic E-state index is 0.00413. The Morgan fingerprint density at radius 2 is 0.987 bits per heavy atom. The zero-order chi connectivity index (χ0) is 54.5. The molecule has 4 saturated heterocycles. The fourth-order valence-corrected chi connectivity index (χ4v) is 18.6. The van der Waals surface area contributed by atoms with Gasteiger partial charge >= 0.3 is 0 Å². The summed E-state index contributed by atoms with van der Waals surface area (Å²) in [6.07, 6.45) is 33.1. The van der Waals surface area contributed by atoms with Gasteiger partial charge in [-0.05, 0) is 218 Å². The first-order chi connectivity index (χ1) is 38.3. The van der Waals surface area contributed by atoms with Crippen molar-refractivity contribution in [2.75, 3.05) is 59.6 Å². The van der Waals surface area contributed by atoms with Crippen molar-refractivity contribution in [2.45, 2.75) is 244 Å². The molecule has 4 aliphatic heterocycles. The number of hydrogen-bond donors (Lipinski definition) is 5. The normalized spacial score (nSPS) is 36.9. The van der Waals surface area contributed by atoms with Crippen molar-refractivity contribution in [2.24, 2.45) is 17.8 Å². The molecule has 10 fully saturated rings. The van der Waals surface area contributed by atoms with E-state index in [1.165, 1.54) is 149 Å². The van der Waals surface area contributed by atoms with Gasteiger partial charge in [0.25, 0.3) is 0 Å². The minimum Gasteiger partial charge on any atom is -0.508 e. The molecule has 10 nitrogen and oxygen atoms in total. The summed E-state index contributed by atoms with van der Waals surface area (Å²) in [6.45, 7) is 10.9. The van der Waals surface area contributed by atoms with Gasteiger partial charge in [-0.3, -0.25) is 14.7 Å². The second-order valence-corrected chi connectivity index (χ2v) is 28.0. The quantitative estimate of drug-likeness (QED) is 0.141. The van der Waals surface area contributed by atoms with E-state index in [4.69, 9.17) is 9.47 Å². The third-order valence-electron chi connectivity index (χ3n) is 23.9. The molecule has 79 heavy (non-hydrogen) atoms. The fourth-order valence-electron chi connectivity index (χ4n) is 18.6. The lowest BCUT2D eigenvalue weighted by atomic mass is 9.49. The number of likely N-dealkylation sites (tertiary alicyclic amines) is 3. The maximum atomic E-state index is 12.0. The van der Waals surface area contributed by atoms with Gasteiger partial charge < -0.3 is 35.0 Å². The maximum Gasteiger partial charge on any atom is 0.118 e. The van der Waals surface area contributed by atoms with Gasteiger partial charge in [-0.25, -0.2) is 0 Å². The average molecular weight is 1080 g/mol. The second kappa shape index (κ2) is 23.2. The molecule has 4 bridgehead atoms. The van der Waals surface area contributed by atoms with Crippen LogP contribution in [0.2, 0.25) is 0 Å². The molecule has 12 aliphatic rings. The molecule has 6 saturated carbocycles. The van der Waals surface area contributed by atoms with Gasteiger partial charge in [0.05, 0.1) is 23.9 Å². The van der Waals surface area contributed by atoms with Gasteiger partial charge in [0.15, 0.2) is 0 Å². The number of aliphatic hydroxyl groups is 4. The van der Waals surface area contributed by atoms with Crippen LogP contribution in [0.4, 0.5) is 0 Å². The van der Waals surface area contributed by atoms with Crippen LogP contribution in [-0.4, -0.2) is 140 Å². The molecule has 434 valence electrons. The second-order valence-electron chi connectivity index (χ2n) is 28.0. The van der Waals surface area contributed by atoms with Crippen LogP contribution >= 0.6 is 0 Å². The number of rotatable bonds is 9. The fraction of sp³-hybridized carbons (Fsp3) is 0.739. The van der Waals surface area contributed by atoms with Crippen LogP contribution in [-0.2, 0) is 34.8 Å². The summed E-state index contributed by atoms with van der Waals surface area (Å²) in [5, 5.41) is 57.1. The molecule has 0 amide bonds. The highest BCUT2D eigenvalue weighted by Crippen LogP contribution is 2.60. The molecule has 3 aromatic rings. The molecular weight excluding hydrogens is 983 g/mol. The summed E-state index contributed by atoms with van der Waals surface area (Å²) < 4.78 is 10.2. The Balaban J connectivity index is 0.000000113. The van der Waals surface area contributed by atoms with E-state index in [9.17, 15) is 25.5 Å². The lowest BCUT2D eigenvalue weighted by Gasteiger charge is -2.64. The number of nitrogens with zero attached hydrogens (tertiary/aromatic N) is 3. The molecule has 0 radical (unpaired) electrons. The molecule has 3 aromatic carbocycles. The van der Waals surface area contributed by atoms with Crippen LogP contribution < -0.4 is 4.74 Å². The molecule has 9 atom stereocenters. The van der Waals surface area contributed by atoms with Gasteiger partial charge in [0, 0.05) is 68.3 Å². The highest BCUT2D eigenvalue weighted by molar-refractivity contribution is 5.49. The number of aromatic hydroxyl groups is 1. The zero-order valence-electron chi connectivity index (χ0n) is 48.8. The van der Waals surface area contributed by atoms with Crippen LogP contribution in [0.5, 0.6) is 11.5 Å². The van der Waals surface area contributed by atoms with E-state index in [0.717, 1.165) is 133 Å². The van der Waals surface area contributed by atoms with Crippen LogP contribution in [0.3, 0.4) is 0 Å². The predicted molar refractivity (Wildman–Crippen MR) is 314 cm³/mol. The first kappa shape index (κ1) is 56.4. The molecule has 5 N–H and O–H groups in total. The number of aryl methyl sites for hydroxylation is 1. The third-order valence-corrected chi connectivity index (χ3v) is 23.9. The van der Waals surface area contributed by atoms with E-state index in [-0.39, 0.29) is 22.9 Å². The van der Waals surface area contributed by atoms with E-state index >= 15 is 0 Å². The van der Waals surface area contributed by atoms with Gasteiger partial charge in [-0.2, -0.15) is 0 Å². The number of phenolic OH excluding ortho intramolecular Hbond substituents is 1. The summed E-state index contributed by atoms with van der Waals surface area (Å²) in [6, 6.07) is 21.7. The first-order valence-corrected chi connectivity index (χ1v) is 32.5. The van der Waals surface area contributed by atoms with Gasteiger partial charge in [0.2, 0.25) is 0 Å². The van der Waals surface area contributed by atoms with E-state index in [2.05, 4.69) is 58.0 Å². The highest BCUT2D eigenvalue weighted by Gasteiger charge is 2.65. The monoisotopic (exact) mass is 1080 g/mol. The van der Waals surface area contributed by atoms with Crippen molar-refractivity contribution >= 4 is 0 Å². The number of benzene rings is 3. The summed E-state index contributed by atoms with van der Waals surface area (Å²) in [5.41, 5.74) is 5.10. The van der Waals surface area contributed by atoms with Crippen molar-refractivity contribution in [3.05, 3.63) is 94.0 Å². The van der Waals surface area contributed by atoms with Crippen molar-refractivity contribution in [1.29, 1.82) is 0 Å². The van der Waals surface area contributed by atoms with Crippen molar-refractivity contribution < 1.29 is 35.0 Å². The van der Waals surface area contributed by atoms with Crippen LogP contribution in [0.15, 0.2) is 60.7 Å². The highest BCUT2D eigenvalue weighted by atomic mass is 16.5. The molecule has 10 heteroatoms. The Kier molecular flexibility index (Phi) is 16.6. The van der Waals surface area contributed by atoms with Gasteiger partial charge in [-0.1, -0.05) is 99.7 Å². The van der Waals surface area contributed by atoms with Crippen LogP contribution in [0, 0.1) is 24.7 Å². The van der Waals surface area contributed by atoms with E-state index in [1.54, 1.807) is 7.11 Å². The lowest BCUT2D eigenvalue weighted by Crippen LogP contribution is -2.72. The zero-order valence-corrected chi connectivity index (χ0v) is 48.8. The Morgan fingerprint density at radius 3 is 1.49 bits per heavy atom. The molecule has 4 heterocycles. The molecule has 0 unspecified atom stereocenters. The molecule has 15 rings (SSSR count). The van der Waals surface area contributed by atoms with Crippen molar-refractivity contribution in [3.63, 3.8) is 0 Å². The molecule has 8 aliphatic carbocycles. The molecule has 0 spiro atoms. The Bertz CT molecular complexity index is 2420.